The number of piperazine rings is 1. The lowest BCUT2D eigenvalue weighted by molar-refractivity contribution is -0.158. The number of nitrogens with zero attached hydrogens (tertiary/aromatic N) is 6. The largest absolute Gasteiger partial charge is 0.354 e. The molecule has 0 bridgehead atoms. The molecule has 0 saturated carbocycles. The maximum Gasteiger partial charge on any atom is 0.332 e. The molecule has 1 aromatic heterocycles. The number of hydrogen-bond donors (Lipinski definition) is 1. The van der Waals surface area contributed by atoms with Crippen LogP contribution in [-0.2, 0) is 22.7 Å². The van der Waals surface area contributed by atoms with E-state index in [2.05, 4.69) is 5.32 Å². The molecular formula is C33H37N7O3S. The Hall–Kier alpha value is -4.48. The molecule has 44 heavy (non-hydrogen) atoms. The summed E-state index contributed by atoms with van der Waals surface area (Å²) in [4.78, 5) is 51.9. The minimum atomic E-state index is -0.796. The van der Waals surface area contributed by atoms with E-state index in [9.17, 15) is 14.4 Å². The summed E-state index contributed by atoms with van der Waals surface area (Å²) < 4.78 is 1.05. The molecule has 2 fully saturated rings. The molecule has 1 N–H and O–H groups in total. The number of rotatable bonds is 9. The number of carbonyl (C=O) groups is 3. The summed E-state index contributed by atoms with van der Waals surface area (Å²) in [7, 11) is 3.93. The minimum absolute atomic E-state index is 0.0156. The zero-order chi connectivity index (χ0) is 30.8. The molecule has 0 aliphatic carbocycles. The van der Waals surface area contributed by atoms with Crippen molar-refractivity contribution in [2.45, 2.75) is 38.6 Å². The van der Waals surface area contributed by atoms with Crippen molar-refractivity contribution < 1.29 is 14.4 Å². The summed E-state index contributed by atoms with van der Waals surface area (Å²) in [6.45, 7) is 3.44. The van der Waals surface area contributed by atoms with Crippen LogP contribution in [-0.4, -0.2) is 82.5 Å². The van der Waals surface area contributed by atoms with Crippen LogP contribution in [0.3, 0.4) is 0 Å². The van der Waals surface area contributed by atoms with Crippen LogP contribution in [0.2, 0.25) is 0 Å². The second-order valence-electron chi connectivity index (χ2n) is 11.3. The van der Waals surface area contributed by atoms with E-state index in [1.807, 2.05) is 115 Å². The molecule has 3 heterocycles. The summed E-state index contributed by atoms with van der Waals surface area (Å²) in [6, 6.07) is 24.2. The van der Waals surface area contributed by atoms with Crippen molar-refractivity contribution >= 4 is 44.5 Å². The fraction of sp³-hybridized carbons (Fsp3) is 0.333. The van der Waals surface area contributed by atoms with Gasteiger partial charge < -0.3 is 20.0 Å². The van der Waals surface area contributed by atoms with Gasteiger partial charge in [0.2, 0.25) is 5.91 Å². The monoisotopic (exact) mass is 611 g/mol. The number of hydrazine groups is 1. The molecular weight excluding hydrogens is 574 g/mol. The van der Waals surface area contributed by atoms with Crippen LogP contribution in [0.25, 0.3) is 10.2 Å². The zero-order valence-electron chi connectivity index (χ0n) is 25.2. The third kappa shape index (κ3) is 5.72. The SMILES string of the molecule is CCCN(C(=O)NCc1ccccc1)N1CC(=O)N2[C@@H](c3ccccc3)C(=O)N(Cc3cccc4sc(N(C)C)nc34)C[C@@H]21. The fourth-order valence-corrected chi connectivity index (χ4v) is 6.92. The number of fused-ring (bicyclic) bond motifs is 2. The summed E-state index contributed by atoms with van der Waals surface area (Å²) in [5.41, 5.74) is 3.56. The molecule has 4 aromatic rings. The summed E-state index contributed by atoms with van der Waals surface area (Å²) in [6.07, 6.45) is 0.201. The second-order valence-corrected chi connectivity index (χ2v) is 12.3. The molecule has 2 atom stereocenters. The highest BCUT2D eigenvalue weighted by Gasteiger charge is 2.52. The molecule has 10 nitrogen and oxygen atoms in total. The van der Waals surface area contributed by atoms with Gasteiger partial charge >= 0.3 is 6.03 Å². The van der Waals surface area contributed by atoms with Crippen LogP contribution in [0.15, 0.2) is 78.9 Å². The zero-order valence-corrected chi connectivity index (χ0v) is 26.0. The van der Waals surface area contributed by atoms with Gasteiger partial charge in [0.05, 0.1) is 23.3 Å². The predicted molar refractivity (Wildman–Crippen MR) is 172 cm³/mol. The number of para-hydroxylation sites is 1. The Bertz CT molecular complexity index is 1650. The van der Waals surface area contributed by atoms with E-state index < -0.39 is 12.2 Å². The highest BCUT2D eigenvalue weighted by atomic mass is 32.1. The smallest absolute Gasteiger partial charge is 0.332 e. The van der Waals surface area contributed by atoms with Gasteiger partial charge in [0.15, 0.2) is 5.13 Å². The van der Waals surface area contributed by atoms with Crippen molar-refractivity contribution in [3.63, 3.8) is 0 Å². The van der Waals surface area contributed by atoms with Gasteiger partial charge in [-0.25, -0.2) is 9.78 Å². The Kier molecular flexibility index (Phi) is 8.49. The Balaban J connectivity index is 1.33. The Labute approximate surface area is 261 Å². The first-order valence-electron chi connectivity index (χ1n) is 14.9. The van der Waals surface area contributed by atoms with Gasteiger partial charge in [0, 0.05) is 33.7 Å². The van der Waals surface area contributed by atoms with Gasteiger partial charge in [-0.1, -0.05) is 91.1 Å². The summed E-state index contributed by atoms with van der Waals surface area (Å²) >= 11 is 1.61. The lowest BCUT2D eigenvalue weighted by Crippen LogP contribution is -2.62. The van der Waals surface area contributed by atoms with Crippen LogP contribution in [0.4, 0.5) is 9.93 Å². The quantitative estimate of drug-likeness (QED) is 0.301. The molecule has 2 saturated heterocycles. The summed E-state index contributed by atoms with van der Waals surface area (Å²) in [5.74, 6) is -0.315. The average Bonchev–Trinajstić information content (AvgIpc) is 3.62. The molecule has 11 heteroatoms. The van der Waals surface area contributed by atoms with Gasteiger partial charge in [0.1, 0.15) is 12.2 Å². The Morgan fingerprint density at radius 3 is 2.43 bits per heavy atom. The number of nitrogens with one attached hydrogen (secondary N) is 1. The number of carbonyl (C=O) groups excluding carboxylic acids is 3. The molecule has 0 radical (unpaired) electrons. The topological polar surface area (TPSA) is 92.3 Å². The standard InChI is InChI=1S/C33H37N7O3S/c1-4-18-38(32(43)34-19-23-12-7-5-8-13-23)39-22-28(41)40-27(39)21-37(31(42)30(40)24-14-9-6-10-15-24)20-25-16-11-17-26-29(25)35-33(44-26)36(2)3/h5-17,27,30H,4,18-22H2,1-3H3,(H,34,43)/t27-,30+/m1/s1. The van der Waals surface area contributed by atoms with Crippen molar-refractivity contribution in [3.8, 4) is 0 Å². The molecule has 0 unspecified atom stereocenters. The highest BCUT2D eigenvalue weighted by molar-refractivity contribution is 7.22. The van der Waals surface area contributed by atoms with Gasteiger partial charge in [-0.05, 0) is 29.2 Å². The van der Waals surface area contributed by atoms with Crippen LogP contribution in [0.1, 0.15) is 36.1 Å². The van der Waals surface area contributed by atoms with Gasteiger partial charge in [-0.15, -0.1) is 0 Å². The number of amides is 4. The minimum Gasteiger partial charge on any atom is -0.354 e. The van der Waals surface area contributed by atoms with Crippen molar-refractivity contribution in [1.82, 2.24) is 30.1 Å². The third-order valence-electron chi connectivity index (χ3n) is 8.07. The predicted octanol–water partition coefficient (Wildman–Crippen LogP) is 4.45. The van der Waals surface area contributed by atoms with E-state index in [1.165, 1.54) is 0 Å². The fourth-order valence-electron chi connectivity index (χ4n) is 5.98. The number of benzene rings is 3. The van der Waals surface area contributed by atoms with Crippen molar-refractivity contribution in [3.05, 3.63) is 95.6 Å². The molecule has 6 rings (SSSR count). The number of anilines is 1. The normalized spacial score (nSPS) is 18.5. The molecule has 0 spiro atoms. The number of hydrogen-bond acceptors (Lipinski definition) is 7. The molecule has 2 aliphatic heterocycles. The van der Waals surface area contributed by atoms with E-state index in [0.717, 1.165) is 32.0 Å². The summed E-state index contributed by atoms with van der Waals surface area (Å²) in [5, 5.41) is 7.41. The Morgan fingerprint density at radius 2 is 1.73 bits per heavy atom. The van der Waals surface area contributed by atoms with E-state index >= 15 is 0 Å². The van der Waals surface area contributed by atoms with Crippen LogP contribution < -0.4 is 10.2 Å². The lowest BCUT2D eigenvalue weighted by atomic mass is 10.00. The van der Waals surface area contributed by atoms with E-state index in [1.54, 1.807) is 21.2 Å². The van der Waals surface area contributed by atoms with E-state index in [0.29, 0.717) is 26.1 Å². The van der Waals surface area contributed by atoms with Crippen molar-refractivity contribution in [2.24, 2.45) is 0 Å². The van der Waals surface area contributed by atoms with Gasteiger partial charge in [0.25, 0.3) is 5.91 Å². The van der Waals surface area contributed by atoms with Gasteiger partial charge in [-0.3, -0.25) is 14.6 Å². The van der Waals surface area contributed by atoms with E-state index in [4.69, 9.17) is 4.98 Å². The van der Waals surface area contributed by atoms with Crippen LogP contribution in [0, 0.1) is 0 Å². The van der Waals surface area contributed by atoms with Crippen LogP contribution in [0.5, 0.6) is 0 Å². The third-order valence-corrected chi connectivity index (χ3v) is 9.26. The highest BCUT2D eigenvalue weighted by Crippen LogP contribution is 2.37. The van der Waals surface area contributed by atoms with Crippen molar-refractivity contribution in [2.75, 3.05) is 38.6 Å². The molecule has 228 valence electrons. The molecule has 3 aromatic carbocycles. The first-order valence-corrected chi connectivity index (χ1v) is 15.7. The first kappa shape index (κ1) is 29.6. The molecule has 2 aliphatic rings. The van der Waals surface area contributed by atoms with Gasteiger partial charge in [-0.2, -0.15) is 5.01 Å². The molecule has 4 amide bonds. The number of aromatic nitrogens is 1. The van der Waals surface area contributed by atoms with E-state index in [-0.39, 0.29) is 30.9 Å². The number of urea groups is 1. The van der Waals surface area contributed by atoms with Crippen LogP contribution >= 0.6 is 11.3 Å². The van der Waals surface area contributed by atoms with Crippen molar-refractivity contribution in [1.29, 1.82) is 0 Å². The Morgan fingerprint density at radius 1 is 1.00 bits per heavy atom. The second kappa shape index (κ2) is 12.6. The first-order chi connectivity index (χ1) is 21.4. The average molecular weight is 612 g/mol. The maximum absolute atomic E-state index is 14.3. The maximum atomic E-state index is 14.3. The lowest BCUT2D eigenvalue weighted by Gasteiger charge is -2.46. The number of thiazole rings is 1.